The van der Waals surface area contributed by atoms with Gasteiger partial charge >= 0.3 is 0 Å². The van der Waals surface area contributed by atoms with Gasteiger partial charge in [-0.1, -0.05) is 202 Å². The van der Waals surface area contributed by atoms with E-state index in [1.807, 2.05) is 19.1 Å². The van der Waals surface area contributed by atoms with Gasteiger partial charge in [0.25, 0.3) is 0 Å². The largest absolute Gasteiger partial charge is 0.394 e. The van der Waals surface area contributed by atoms with E-state index in [0.717, 1.165) is 122 Å². The minimum absolute atomic E-state index is 0.229. The lowest BCUT2D eigenvalue weighted by Gasteiger charge is -2.40. The molecule has 9 heteroatoms. The van der Waals surface area contributed by atoms with Crippen molar-refractivity contribution in [1.82, 2.24) is 5.32 Å². The van der Waals surface area contributed by atoms with E-state index < -0.39 is 49.5 Å². The number of carbonyl (C=O) groups is 1. The Labute approximate surface area is 442 Å². The molecule has 0 aromatic heterocycles. The lowest BCUT2D eigenvalue weighted by molar-refractivity contribution is -0.302. The lowest BCUT2D eigenvalue weighted by Crippen LogP contribution is -2.60. The Kier molecular flexibility index (Phi) is 46.1. The number of carbonyl (C=O) groups excluding carboxylic acids is 1. The molecule has 0 aromatic carbocycles. The predicted octanol–water partition coefficient (Wildman–Crippen LogP) is 13.6. The number of unbranched alkanes of at least 4 members (excludes halogenated alkanes) is 6. The highest BCUT2D eigenvalue weighted by molar-refractivity contribution is 5.76. The van der Waals surface area contributed by atoms with Crippen LogP contribution in [0.1, 0.15) is 155 Å². The molecular formula is C64H97NO8. The third-order valence-electron chi connectivity index (χ3n) is 11.5. The Morgan fingerprint density at radius 3 is 1.30 bits per heavy atom. The number of hydrogen-bond donors (Lipinski definition) is 6. The zero-order valence-electron chi connectivity index (χ0n) is 44.8. The summed E-state index contributed by atoms with van der Waals surface area (Å²) in [5, 5.41) is 54.1. The average Bonchev–Trinajstić information content (AvgIpc) is 3.39. The van der Waals surface area contributed by atoms with Gasteiger partial charge in [0.1, 0.15) is 24.4 Å². The minimum atomic E-state index is -1.59. The zero-order valence-corrected chi connectivity index (χ0v) is 44.8. The second-order valence-corrected chi connectivity index (χ2v) is 17.9. The first kappa shape index (κ1) is 66.3. The summed E-state index contributed by atoms with van der Waals surface area (Å²) in [6.45, 7) is 3.35. The van der Waals surface area contributed by atoms with Gasteiger partial charge in [-0.25, -0.2) is 0 Å². The molecule has 7 atom stereocenters. The first-order valence-electron chi connectivity index (χ1n) is 27.5. The Bertz CT molecular complexity index is 1790. The van der Waals surface area contributed by atoms with Crippen molar-refractivity contribution in [2.75, 3.05) is 13.2 Å². The van der Waals surface area contributed by atoms with Crippen molar-refractivity contribution in [2.45, 2.75) is 198 Å². The summed E-state index contributed by atoms with van der Waals surface area (Å²) in [5.41, 5.74) is 0. The highest BCUT2D eigenvalue weighted by atomic mass is 16.7. The predicted molar refractivity (Wildman–Crippen MR) is 308 cm³/mol. The molecule has 1 fully saturated rings. The molecule has 1 saturated heterocycles. The number of allylic oxidation sites excluding steroid dienone is 29. The summed E-state index contributed by atoms with van der Waals surface area (Å²) in [5.74, 6) is -0.229. The fourth-order valence-electron chi connectivity index (χ4n) is 7.23. The number of ether oxygens (including phenoxy) is 2. The number of aliphatic hydroxyl groups is 5. The van der Waals surface area contributed by atoms with Crippen molar-refractivity contribution in [1.29, 1.82) is 0 Å². The van der Waals surface area contributed by atoms with Crippen LogP contribution >= 0.6 is 0 Å². The number of amides is 1. The topological polar surface area (TPSA) is 149 Å². The third kappa shape index (κ3) is 40.4. The van der Waals surface area contributed by atoms with Crippen LogP contribution in [0.4, 0.5) is 0 Å². The average molecular weight is 1010 g/mol. The Morgan fingerprint density at radius 1 is 0.493 bits per heavy atom. The van der Waals surface area contributed by atoms with E-state index >= 15 is 0 Å². The molecule has 0 radical (unpaired) electrons. The summed E-state index contributed by atoms with van der Waals surface area (Å²) < 4.78 is 11.2. The van der Waals surface area contributed by atoms with Gasteiger partial charge in [0.15, 0.2) is 6.29 Å². The fraction of sp³-hybridized carbons (Fsp3) is 0.516. The van der Waals surface area contributed by atoms with Crippen LogP contribution in [0, 0.1) is 0 Å². The molecule has 0 saturated carbocycles. The maximum atomic E-state index is 12.9. The van der Waals surface area contributed by atoms with Crippen LogP contribution in [0.2, 0.25) is 0 Å². The van der Waals surface area contributed by atoms with Crippen LogP contribution in [0.25, 0.3) is 0 Å². The zero-order chi connectivity index (χ0) is 52.9. The minimum Gasteiger partial charge on any atom is -0.394 e. The first-order valence-corrected chi connectivity index (χ1v) is 27.5. The molecule has 9 nitrogen and oxygen atoms in total. The van der Waals surface area contributed by atoms with Crippen LogP contribution in [0.15, 0.2) is 182 Å². The Balaban J connectivity index is 2.17. The second kappa shape index (κ2) is 50.8. The van der Waals surface area contributed by atoms with E-state index in [2.05, 4.69) is 176 Å². The Hall–Kier alpha value is -4.71. The standard InChI is InChI=1S/C64H97NO8/c1-3-5-7-9-11-13-14-15-16-17-18-19-20-21-22-23-24-25-26-27-28-29-30-31-32-33-34-35-36-37-38-39-40-41-42-43-44-46-48-50-52-54-60(68)65-57(58(67)53-51-49-47-45-12-10-8-6-4-2)56-72-64-63(71)62(70)61(69)59(55-66)73-64/h4-7,11-13,15-16,18-19,21-22,24-25,27-28,30-31,33-34,36-37,39-40,42-43,45,51,53,57-59,61-64,66-67,69-71H,3,8-10,14,17,20,23,26,29,32,35,38,41,44,46-50,52,54-56H2,1-2H3,(H,65,68)/b6-4+,7-5-,13-11-,16-15-,19-18-,22-21-,25-24-,28-27-,31-30-,34-33-,37-36-,40-39-,43-42-,45-12+,53-51+. The van der Waals surface area contributed by atoms with Crippen molar-refractivity contribution >= 4 is 5.91 Å². The summed E-state index contributed by atoms with van der Waals surface area (Å²) in [6, 6.07) is -0.853. The van der Waals surface area contributed by atoms with Crippen LogP contribution in [0.5, 0.6) is 0 Å². The van der Waals surface area contributed by atoms with E-state index in [9.17, 15) is 30.3 Å². The van der Waals surface area contributed by atoms with E-state index in [-0.39, 0.29) is 12.5 Å². The van der Waals surface area contributed by atoms with Crippen LogP contribution in [-0.4, -0.2) is 87.5 Å². The van der Waals surface area contributed by atoms with Crippen molar-refractivity contribution in [3.8, 4) is 0 Å². The van der Waals surface area contributed by atoms with Gasteiger partial charge in [0.2, 0.25) is 5.91 Å². The van der Waals surface area contributed by atoms with Gasteiger partial charge in [-0.15, -0.1) is 0 Å². The van der Waals surface area contributed by atoms with E-state index in [0.29, 0.717) is 19.3 Å². The molecule has 7 unspecified atom stereocenters. The van der Waals surface area contributed by atoms with Gasteiger partial charge in [-0.2, -0.15) is 0 Å². The van der Waals surface area contributed by atoms with Crippen LogP contribution in [0.3, 0.4) is 0 Å². The SMILES string of the molecule is C/C=C/CC/C=C/CC/C=C/C(O)C(COC1OC(CO)C(O)C(O)C1O)NC(=O)CCCCCC/C=C\C/C=C\C/C=C\C/C=C\C/C=C\C/C=C\C/C=C\C/C=C\C/C=C\C/C=C\C/C=C\C/C=C\CC. The van der Waals surface area contributed by atoms with Crippen LogP contribution < -0.4 is 5.32 Å². The smallest absolute Gasteiger partial charge is 0.220 e. The number of nitrogens with one attached hydrogen (secondary N) is 1. The maximum absolute atomic E-state index is 12.9. The number of hydrogen-bond acceptors (Lipinski definition) is 8. The van der Waals surface area contributed by atoms with Gasteiger partial charge in [-0.3, -0.25) is 4.79 Å². The molecule has 1 aliphatic heterocycles. The summed E-state index contributed by atoms with van der Waals surface area (Å²) >= 11 is 0. The van der Waals surface area contributed by atoms with E-state index in [4.69, 9.17) is 9.47 Å². The maximum Gasteiger partial charge on any atom is 0.220 e. The van der Waals surface area contributed by atoms with E-state index in [1.54, 1.807) is 6.08 Å². The third-order valence-corrected chi connectivity index (χ3v) is 11.5. The second-order valence-electron chi connectivity index (χ2n) is 17.9. The van der Waals surface area contributed by atoms with Crippen LogP contribution in [-0.2, 0) is 14.3 Å². The molecule has 0 aromatic rings. The molecule has 406 valence electrons. The molecule has 1 heterocycles. The number of aliphatic hydroxyl groups excluding tert-OH is 5. The molecule has 73 heavy (non-hydrogen) atoms. The van der Waals surface area contributed by atoms with Crippen molar-refractivity contribution in [3.63, 3.8) is 0 Å². The first-order chi connectivity index (χ1) is 35.8. The molecule has 1 rings (SSSR count). The normalized spacial score (nSPS) is 20.6. The molecule has 0 spiro atoms. The fourth-order valence-corrected chi connectivity index (χ4v) is 7.23. The highest BCUT2D eigenvalue weighted by Crippen LogP contribution is 2.22. The van der Waals surface area contributed by atoms with E-state index in [1.165, 1.54) is 0 Å². The highest BCUT2D eigenvalue weighted by Gasteiger charge is 2.44. The van der Waals surface area contributed by atoms with Gasteiger partial charge < -0.3 is 40.3 Å². The summed E-state index contributed by atoms with van der Waals surface area (Å²) in [7, 11) is 0. The molecule has 1 aliphatic rings. The van der Waals surface area contributed by atoms with Gasteiger partial charge in [0.05, 0.1) is 25.4 Å². The molecular weight excluding hydrogens is 911 g/mol. The Morgan fingerprint density at radius 2 is 0.877 bits per heavy atom. The molecule has 6 N–H and O–H groups in total. The monoisotopic (exact) mass is 1010 g/mol. The lowest BCUT2D eigenvalue weighted by atomic mass is 9.99. The van der Waals surface area contributed by atoms with Crippen molar-refractivity contribution in [2.24, 2.45) is 0 Å². The van der Waals surface area contributed by atoms with Gasteiger partial charge in [-0.05, 0) is 129 Å². The molecule has 0 aliphatic carbocycles. The summed E-state index contributed by atoms with van der Waals surface area (Å²) in [4.78, 5) is 12.9. The quantitative estimate of drug-likeness (QED) is 0.0261. The van der Waals surface area contributed by atoms with Crippen molar-refractivity contribution < 1.29 is 39.8 Å². The molecule has 1 amide bonds. The summed E-state index contributed by atoms with van der Waals surface area (Å²) in [6.07, 6.45) is 77.1. The van der Waals surface area contributed by atoms with Crippen molar-refractivity contribution in [3.05, 3.63) is 182 Å². The molecule has 0 bridgehead atoms. The van der Waals surface area contributed by atoms with Gasteiger partial charge in [0, 0.05) is 6.42 Å². The number of rotatable bonds is 43.